The Morgan fingerprint density at radius 2 is 1.53 bits per heavy atom. The zero-order valence-corrected chi connectivity index (χ0v) is 36.2. The van der Waals surface area contributed by atoms with Gasteiger partial charge >= 0.3 is 5.97 Å². The second-order valence-corrected chi connectivity index (χ2v) is 17.5. The highest BCUT2D eigenvalue weighted by Gasteiger charge is 2.40. The molecule has 10 N–H and O–H groups in total. The van der Waals surface area contributed by atoms with Gasteiger partial charge in [0.05, 0.1) is 27.7 Å². The number of quaternary nitrogens is 1. The topological polar surface area (TPSA) is 259 Å². The van der Waals surface area contributed by atoms with Crippen molar-refractivity contribution in [2.24, 2.45) is 27.8 Å². The maximum Gasteiger partial charge on any atom is 0.326 e. The number of carbonyl (C=O) groups is 6. The van der Waals surface area contributed by atoms with E-state index < -0.39 is 65.2 Å². The van der Waals surface area contributed by atoms with Gasteiger partial charge in [-0.3, -0.25) is 29.0 Å². The Labute approximate surface area is 349 Å². The summed E-state index contributed by atoms with van der Waals surface area (Å²) in [5.74, 6) is -4.01. The number of phenols is 1. The molecule has 2 rings (SSSR count). The number of unbranched alkanes of at least 4 members (excludes halogenated alkanes) is 1. The van der Waals surface area contributed by atoms with Gasteiger partial charge in [0.1, 0.15) is 36.0 Å². The predicted molar refractivity (Wildman–Crippen MR) is 217 cm³/mol. The zero-order valence-electron chi connectivity index (χ0n) is 35.5. The summed E-state index contributed by atoms with van der Waals surface area (Å²) in [6.07, 6.45) is 3.30. The largest absolute Gasteiger partial charge is 1.00 e. The Morgan fingerprint density at radius 3 is 2.09 bits per heavy atom. The van der Waals surface area contributed by atoms with Crippen molar-refractivity contribution in [3.05, 3.63) is 29.8 Å². The number of phenolic OH excluding ortho intramolecular Hbond substituents is 1. The third-order valence-corrected chi connectivity index (χ3v) is 9.65. The molecule has 5 atom stereocenters. The number of carbonyl (C=O) groups excluding carboxylic acids is 5. The van der Waals surface area contributed by atoms with Gasteiger partial charge in [-0.25, -0.2) is 4.79 Å². The van der Waals surface area contributed by atoms with Crippen LogP contribution in [0.1, 0.15) is 91.5 Å². The average Bonchev–Trinajstić information content (AvgIpc) is 3.59. The van der Waals surface area contributed by atoms with E-state index in [-0.39, 0.29) is 74.7 Å². The van der Waals surface area contributed by atoms with E-state index in [0.29, 0.717) is 31.2 Å². The molecule has 1 aromatic rings. The number of aromatic hydroxyl groups is 1. The van der Waals surface area contributed by atoms with Gasteiger partial charge in [-0.15, -0.1) is 0 Å². The van der Waals surface area contributed by atoms with Crippen LogP contribution >= 0.6 is 0 Å². The molecule has 0 spiro atoms. The normalized spacial score (nSPS) is 16.2. The number of halogens is 1. The second-order valence-electron chi connectivity index (χ2n) is 17.5. The minimum Gasteiger partial charge on any atom is -1.00 e. The molecule has 0 radical (unpaired) electrons. The number of rotatable bonds is 22. The molecule has 18 heteroatoms. The van der Waals surface area contributed by atoms with Crippen molar-refractivity contribution in [2.75, 3.05) is 40.8 Å². The van der Waals surface area contributed by atoms with Crippen LogP contribution in [-0.4, -0.2) is 132 Å². The van der Waals surface area contributed by atoms with Crippen LogP contribution in [0.5, 0.6) is 5.75 Å². The Balaban J connectivity index is 0.0000168. The lowest BCUT2D eigenvalue weighted by Gasteiger charge is -2.33. The molecule has 1 fully saturated rings. The molecule has 1 aliphatic rings. The first-order chi connectivity index (χ1) is 26.5. The van der Waals surface area contributed by atoms with Crippen molar-refractivity contribution in [1.29, 1.82) is 0 Å². The number of aliphatic imine (C=N–C) groups is 1. The molecule has 17 nitrogen and oxygen atoms in total. The molecular formula is C40H68ClN9O8. The molecule has 0 unspecified atom stereocenters. The number of amides is 5. The summed E-state index contributed by atoms with van der Waals surface area (Å²) in [6, 6.07) is 0.607. The molecule has 1 aliphatic heterocycles. The molecule has 0 aromatic heterocycles. The number of guanidine groups is 1. The van der Waals surface area contributed by atoms with E-state index in [1.165, 1.54) is 17.0 Å². The second kappa shape index (κ2) is 23.7. The van der Waals surface area contributed by atoms with Gasteiger partial charge in [0.15, 0.2) is 5.96 Å². The standard InChI is InChI=1S/C40H67N9O8.ClH/c1-25(2)23-30(38(56)57)46-36(54)33(40(3,4)5)47-34(52)29(24-26-16-18-27(50)19-17-26)45-35(53)31-14-12-21-48(31)37(55)28(13-11-20-43-39(41)42)44-32(51)15-9-10-22-49(6,7)8;/h16-19,25,28-31,33H,9-15,20-24H2,1-8H3,(H9-,41,42,43,44,45,46,47,50,51,52,53,54,56,57);1H/t28-,29-,30-,31-,33+;/m0./s1. The molecule has 1 heterocycles. The van der Waals surface area contributed by atoms with E-state index >= 15 is 0 Å². The van der Waals surface area contributed by atoms with Crippen LogP contribution < -0.4 is 45.1 Å². The lowest BCUT2D eigenvalue weighted by molar-refractivity contribution is -0.870. The summed E-state index contributed by atoms with van der Waals surface area (Å²) in [6.45, 7) is 10.2. The highest BCUT2D eigenvalue weighted by Crippen LogP contribution is 2.23. The molecule has 0 bridgehead atoms. The first-order valence-electron chi connectivity index (χ1n) is 19.9. The fraction of sp³-hybridized carbons (Fsp3) is 0.675. The van der Waals surface area contributed by atoms with Crippen LogP contribution in [0.3, 0.4) is 0 Å². The molecule has 5 amide bonds. The first-order valence-corrected chi connectivity index (χ1v) is 19.9. The monoisotopic (exact) mass is 837 g/mol. The molecule has 58 heavy (non-hydrogen) atoms. The molecule has 1 saturated heterocycles. The SMILES string of the molecule is CC(C)C[C@H](NC(=O)[C@@H](NC(=O)[C@H](Cc1ccc(O)cc1)NC(=O)[C@@H]1CCCN1C(=O)[C@H](CCCN=C(N)N)NC(=O)CCCC[N+](C)(C)C)C(C)(C)C)C(=O)O.[Cl-]. The van der Waals surface area contributed by atoms with Gasteiger partial charge in [0, 0.05) is 25.9 Å². The van der Waals surface area contributed by atoms with Gasteiger partial charge in [-0.05, 0) is 74.0 Å². The van der Waals surface area contributed by atoms with E-state index in [2.05, 4.69) is 47.4 Å². The number of hydrogen-bond acceptors (Lipinski definition) is 8. The average molecular weight is 838 g/mol. The van der Waals surface area contributed by atoms with Gasteiger partial charge in [-0.2, -0.15) is 0 Å². The Hall–Kier alpha value is -4.64. The van der Waals surface area contributed by atoms with E-state index in [9.17, 15) is 39.0 Å². The first kappa shape index (κ1) is 51.4. The van der Waals surface area contributed by atoms with Crippen molar-refractivity contribution in [2.45, 2.75) is 123 Å². The molecule has 1 aromatic carbocycles. The van der Waals surface area contributed by atoms with Crippen LogP contribution in [0.25, 0.3) is 0 Å². The third kappa shape index (κ3) is 18.3. The highest BCUT2D eigenvalue weighted by molar-refractivity contribution is 5.96. The summed E-state index contributed by atoms with van der Waals surface area (Å²) in [5.41, 5.74) is 10.7. The summed E-state index contributed by atoms with van der Waals surface area (Å²) < 4.78 is 0.765. The lowest BCUT2D eigenvalue weighted by atomic mass is 9.85. The van der Waals surface area contributed by atoms with Gasteiger partial charge in [0.25, 0.3) is 0 Å². The number of benzene rings is 1. The smallest absolute Gasteiger partial charge is 0.326 e. The van der Waals surface area contributed by atoms with Crippen LogP contribution in [0.4, 0.5) is 0 Å². The Bertz CT molecular complexity index is 1560. The number of hydrogen-bond donors (Lipinski definition) is 8. The van der Waals surface area contributed by atoms with Crippen LogP contribution in [0.2, 0.25) is 0 Å². The lowest BCUT2D eigenvalue weighted by Crippen LogP contribution is -3.00. The molecule has 328 valence electrons. The number of carboxylic acid groups (broad SMARTS) is 1. The van der Waals surface area contributed by atoms with Crippen molar-refractivity contribution < 1.29 is 55.9 Å². The fourth-order valence-electron chi connectivity index (χ4n) is 6.61. The number of nitrogens with one attached hydrogen (secondary N) is 4. The predicted octanol–water partition coefficient (Wildman–Crippen LogP) is -2.02. The van der Waals surface area contributed by atoms with Crippen LogP contribution in [0, 0.1) is 11.3 Å². The number of likely N-dealkylation sites (tertiary alicyclic amines) is 1. The van der Waals surface area contributed by atoms with E-state index in [1.54, 1.807) is 32.9 Å². The van der Waals surface area contributed by atoms with Crippen molar-refractivity contribution in [3.63, 3.8) is 0 Å². The Kier molecular flexibility index (Phi) is 21.0. The molecule has 0 aliphatic carbocycles. The zero-order chi connectivity index (χ0) is 43.1. The number of nitrogens with two attached hydrogens (primary N) is 2. The highest BCUT2D eigenvalue weighted by atomic mass is 35.5. The number of aliphatic carboxylic acids is 1. The minimum atomic E-state index is -1.23. The van der Waals surface area contributed by atoms with Gasteiger partial charge in [0.2, 0.25) is 29.5 Å². The third-order valence-electron chi connectivity index (χ3n) is 9.65. The number of carboxylic acids is 1. The summed E-state index contributed by atoms with van der Waals surface area (Å²) in [7, 11) is 6.22. The van der Waals surface area contributed by atoms with Crippen molar-refractivity contribution in [1.82, 2.24) is 26.2 Å². The quantitative estimate of drug-likeness (QED) is 0.0275. The maximum atomic E-state index is 14.1. The van der Waals surface area contributed by atoms with Crippen molar-refractivity contribution >= 4 is 41.5 Å². The van der Waals surface area contributed by atoms with Crippen molar-refractivity contribution in [3.8, 4) is 5.75 Å². The fourth-order valence-corrected chi connectivity index (χ4v) is 6.61. The molecular weight excluding hydrogens is 770 g/mol. The van der Waals surface area contributed by atoms with Gasteiger partial charge in [-0.1, -0.05) is 46.8 Å². The van der Waals surface area contributed by atoms with Crippen LogP contribution in [-0.2, 0) is 35.2 Å². The summed E-state index contributed by atoms with van der Waals surface area (Å²) >= 11 is 0. The minimum absolute atomic E-state index is 0. The van der Waals surface area contributed by atoms with E-state index in [0.717, 1.165) is 17.4 Å². The summed E-state index contributed by atoms with van der Waals surface area (Å²) in [4.78, 5) is 86.3. The van der Waals surface area contributed by atoms with E-state index in [1.807, 2.05) is 13.8 Å². The molecule has 0 saturated carbocycles. The number of nitrogens with zero attached hydrogens (tertiary/aromatic N) is 3. The summed E-state index contributed by atoms with van der Waals surface area (Å²) in [5, 5.41) is 30.6. The van der Waals surface area contributed by atoms with E-state index in [4.69, 9.17) is 11.5 Å². The Morgan fingerprint density at radius 1 is 0.897 bits per heavy atom. The maximum absolute atomic E-state index is 14.1. The van der Waals surface area contributed by atoms with Crippen LogP contribution in [0.15, 0.2) is 29.3 Å². The van der Waals surface area contributed by atoms with Gasteiger partial charge < -0.3 is 64.7 Å².